The largest absolute Gasteiger partial charge is 0.396 e. The van der Waals surface area contributed by atoms with Crippen LogP contribution in [-0.2, 0) is 4.79 Å². The maximum Gasteiger partial charge on any atom is 0.242 e. The van der Waals surface area contributed by atoms with Gasteiger partial charge in [0, 0.05) is 19.2 Å². The fourth-order valence-corrected chi connectivity index (χ4v) is 2.52. The van der Waals surface area contributed by atoms with Gasteiger partial charge in [0.1, 0.15) is 0 Å². The van der Waals surface area contributed by atoms with Crippen molar-refractivity contribution in [1.82, 2.24) is 4.90 Å². The number of hydrogen-bond donors (Lipinski definition) is 2. The van der Waals surface area contributed by atoms with Crippen LogP contribution in [0.15, 0.2) is 0 Å². The Kier molecular flexibility index (Phi) is 5.40. The third-order valence-electron chi connectivity index (χ3n) is 3.61. The minimum Gasteiger partial charge on any atom is -0.396 e. The van der Waals surface area contributed by atoms with Crippen molar-refractivity contribution in [2.45, 2.75) is 64.0 Å². The van der Waals surface area contributed by atoms with E-state index in [1.54, 1.807) is 0 Å². The second kappa shape index (κ2) is 6.36. The standard InChI is InChI=1S/C13H26N2O2/c1-11(2)15(9-6-10-16)12(17)13(14)7-4-3-5-8-13/h11,16H,3-10,14H2,1-2H3. The Morgan fingerprint density at radius 1 is 1.35 bits per heavy atom. The smallest absolute Gasteiger partial charge is 0.242 e. The van der Waals surface area contributed by atoms with Gasteiger partial charge in [-0.2, -0.15) is 0 Å². The average Bonchev–Trinajstić information content (AvgIpc) is 2.30. The Labute approximate surface area is 104 Å². The molecule has 100 valence electrons. The molecule has 0 spiro atoms. The van der Waals surface area contributed by atoms with Crippen molar-refractivity contribution >= 4 is 5.91 Å². The molecule has 0 aromatic heterocycles. The first-order valence-electron chi connectivity index (χ1n) is 6.72. The fraction of sp³-hybridized carbons (Fsp3) is 0.923. The van der Waals surface area contributed by atoms with Crippen LogP contribution >= 0.6 is 0 Å². The molecule has 1 rings (SSSR count). The molecule has 0 atom stereocenters. The van der Waals surface area contributed by atoms with Crippen molar-refractivity contribution in [3.8, 4) is 0 Å². The molecule has 0 heterocycles. The van der Waals surface area contributed by atoms with Crippen LogP contribution in [0.5, 0.6) is 0 Å². The second-order valence-electron chi connectivity index (χ2n) is 5.39. The summed E-state index contributed by atoms with van der Waals surface area (Å²) < 4.78 is 0. The Morgan fingerprint density at radius 3 is 2.41 bits per heavy atom. The van der Waals surface area contributed by atoms with Crippen LogP contribution in [0.1, 0.15) is 52.4 Å². The van der Waals surface area contributed by atoms with Crippen LogP contribution in [-0.4, -0.2) is 40.6 Å². The summed E-state index contributed by atoms with van der Waals surface area (Å²) in [6, 6.07) is 0.149. The minimum atomic E-state index is -0.655. The van der Waals surface area contributed by atoms with Crippen molar-refractivity contribution < 1.29 is 9.90 Å². The molecular weight excluding hydrogens is 216 g/mol. The number of nitrogens with zero attached hydrogens (tertiary/aromatic N) is 1. The molecule has 0 bridgehead atoms. The van der Waals surface area contributed by atoms with Crippen LogP contribution in [0.2, 0.25) is 0 Å². The molecule has 0 saturated heterocycles. The van der Waals surface area contributed by atoms with Crippen LogP contribution in [0.3, 0.4) is 0 Å². The van der Waals surface area contributed by atoms with Gasteiger partial charge in [-0.15, -0.1) is 0 Å². The fourth-order valence-electron chi connectivity index (χ4n) is 2.52. The van der Waals surface area contributed by atoms with E-state index in [0.29, 0.717) is 13.0 Å². The SMILES string of the molecule is CC(C)N(CCCO)C(=O)C1(N)CCCCC1. The number of carbonyl (C=O) groups excluding carboxylic acids is 1. The van der Waals surface area contributed by atoms with Gasteiger partial charge in [0.15, 0.2) is 0 Å². The Bertz CT molecular complexity index is 248. The zero-order valence-corrected chi connectivity index (χ0v) is 11.1. The molecule has 0 aliphatic heterocycles. The normalized spacial score (nSPS) is 19.4. The molecule has 0 radical (unpaired) electrons. The molecule has 0 unspecified atom stereocenters. The number of nitrogens with two attached hydrogens (primary N) is 1. The molecule has 4 nitrogen and oxygen atoms in total. The molecule has 1 fully saturated rings. The van der Waals surface area contributed by atoms with Gasteiger partial charge in [0.05, 0.1) is 5.54 Å². The highest BCUT2D eigenvalue weighted by molar-refractivity contribution is 5.86. The summed E-state index contributed by atoms with van der Waals surface area (Å²) in [5.74, 6) is 0.0700. The summed E-state index contributed by atoms with van der Waals surface area (Å²) >= 11 is 0. The molecule has 1 amide bonds. The van der Waals surface area contributed by atoms with Crippen LogP contribution < -0.4 is 5.73 Å². The van der Waals surface area contributed by atoms with E-state index in [4.69, 9.17) is 10.8 Å². The molecule has 3 N–H and O–H groups in total. The molecule has 17 heavy (non-hydrogen) atoms. The lowest BCUT2D eigenvalue weighted by Crippen LogP contribution is -2.58. The van der Waals surface area contributed by atoms with E-state index in [1.165, 1.54) is 6.42 Å². The summed E-state index contributed by atoms with van der Waals surface area (Å²) in [5.41, 5.74) is 5.60. The summed E-state index contributed by atoms with van der Waals surface area (Å²) in [7, 11) is 0. The lowest BCUT2D eigenvalue weighted by atomic mass is 9.81. The van der Waals surface area contributed by atoms with Crippen LogP contribution in [0.25, 0.3) is 0 Å². The van der Waals surface area contributed by atoms with Gasteiger partial charge in [-0.25, -0.2) is 0 Å². The van der Waals surface area contributed by atoms with Crippen molar-refractivity contribution in [2.24, 2.45) is 5.73 Å². The van der Waals surface area contributed by atoms with Gasteiger partial charge in [-0.1, -0.05) is 19.3 Å². The first-order valence-corrected chi connectivity index (χ1v) is 6.72. The monoisotopic (exact) mass is 242 g/mol. The molecule has 4 heteroatoms. The number of hydrogen-bond acceptors (Lipinski definition) is 3. The van der Waals surface area contributed by atoms with Gasteiger partial charge in [-0.3, -0.25) is 4.79 Å². The summed E-state index contributed by atoms with van der Waals surface area (Å²) in [4.78, 5) is 14.3. The highest BCUT2D eigenvalue weighted by atomic mass is 16.3. The first kappa shape index (κ1) is 14.5. The van der Waals surface area contributed by atoms with Gasteiger partial charge in [0.2, 0.25) is 5.91 Å². The number of aliphatic hydroxyl groups is 1. The van der Waals surface area contributed by atoms with E-state index >= 15 is 0 Å². The van der Waals surface area contributed by atoms with Crippen molar-refractivity contribution in [3.63, 3.8) is 0 Å². The van der Waals surface area contributed by atoms with Gasteiger partial charge in [-0.05, 0) is 33.1 Å². The first-order chi connectivity index (χ1) is 8.01. The summed E-state index contributed by atoms with van der Waals surface area (Å²) in [6.07, 6.45) is 5.51. The molecular formula is C13H26N2O2. The van der Waals surface area contributed by atoms with Gasteiger partial charge >= 0.3 is 0 Å². The Hall–Kier alpha value is -0.610. The van der Waals surface area contributed by atoms with E-state index in [2.05, 4.69) is 0 Å². The van der Waals surface area contributed by atoms with Crippen molar-refractivity contribution in [3.05, 3.63) is 0 Å². The minimum absolute atomic E-state index is 0.0700. The van der Waals surface area contributed by atoms with E-state index in [-0.39, 0.29) is 18.6 Å². The number of carbonyl (C=O) groups is 1. The molecule has 1 aliphatic rings. The third kappa shape index (κ3) is 3.68. The topological polar surface area (TPSA) is 66.6 Å². The van der Waals surface area contributed by atoms with Crippen LogP contribution in [0, 0.1) is 0 Å². The number of aliphatic hydroxyl groups excluding tert-OH is 1. The quantitative estimate of drug-likeness (QED) is 0.763. The molecule has 1 saturated carbocycles. The van der Waals surface area contributed by atoms with Crippen LogP contribution in [0.4, 0.5) is 0 Å². The summed E-state index contributed by atoms with van der Waals surface area (Å²) in [6.45, 7) is 4.73. The summed E-state index contributed by atoms with van der Waals surface area (Å²) in [5, 5.41) is 8.88. The lowest BCUT2D eigenvalue weighted by Gasteiger charge is -2.38. The zero-order valence-electron chi connectivity index (χ0n) is 11.1. The Balaban J connectivity index is 2.68. The second-order valence-corrected chi connectivity index (χ2v) is 5.39. The van der Waals surface area contributed by atoms with E-state index in [0.717, 1.165) is 25.7 Å². The number of rotatable bonds is 5. The predicted molar refractivity (Wildman–Crippen MR) is 68.6 cm³/mol. The molecule has 0 aromatic carbocycles. The molecule has 0 aromatic rings. The Morgan fingerprint density at radius 2 is 1.94 bits per heavy atom. The highest BCUT2D eigenvalue weighted by Crippen LogP contribution is 2.28. The average molecular weight is 242 g/mol. The predicted octanol–water partition coefficient (Wildman–Crippen LogP) is 1.27. The van der Waals surface area contributed by atoms with Crippen molar-refractivity contribution in [2.75, 3.05) is 13.2 Å². The van der Waals surface area contributed by atoms with Gasteiger partial charge < -0.3 is 15.7 Å². The van der Waals surface area contributed by atoms with E-state index < -0.39 is 5.54 Å². The van der Waals surface area contributed by atoms with Gasteiger partial charge in [0.25, 0.3) is 0 Å². The zero-order chi connectivity index (χ0) is 12.9. The molecule has 1 aliphatic carbocycles. The maximum absolute atomic E-state index is 12.5. The lowest BCUT2D eigenvalue weighted by molar-refractivity contribution is -0.140. The van der Waals surface area contributed by atoms with E-state index in [1.807, 2.05) is 18.7 Å². The van der Waals surface area contributed by atoms with E-state index in [9.17, 15) is 4.79 Å². The third-order valence-corrected chi connectivity index (χ3v) is 3.61. The number of amides is 1. The highest BCUT2D eigenvalue weighted by Gasteiger charge is 2.38. The maximum atomic E-state index is 12.5. The van der Waals surface area contributed by atoms with Crippen molar-refractivity contribution in [1.29, 1.82) is 0 Å².